The minimum Gasteiger partial charge on any atom is -0.460 e. The maximum Gasteiger partial charge on any atom is 0.374 e. The molecule has 1 aromatic carbocycles. The van der Waals surface area contributed by atoms with Gasteiger partial charge < -0.3 is 14.9 Å². The maximum atomic E-state index is 12.7. The molecule has 1 heterocycles. The average Bonchev–Trinajstić information content (AvgIpc) is 2.91. The Morgan fingerprint density at radius 3 is 2.85 bits per heavy atom. The van der Waals surface area contributed by atoms with E-state index in [4.69, 9.17) is 14.9 Å². The van der Waals surface area contributed by atoms with Gasteiger partial charge in [-0.2, -0.15) is 0 Å². The lowest BCUT2D eigenvalue weighted by molar-refractivity contribution is 0.0491. The van der Waals surface area contributed by atoms with Crippen molar-refractivity contribution in [3.63, 3.8) is 0 Å². The fourth-order valence-corrected chi connectivity index (χ4v) is 4.69. The molecule has 1 aliphatic carbocycles. The number of hydrogen-bond acceptors (Lipinski definition) is 6. The predicted molar refractivity (Wildman–Crippen MR) is 97.5 cm³/mol. The van der Waals surface area contributed by atoms with Crippen LogP contribution in [0.4, 0.5) is 0 Å². The Morgan fingerprint density at radius 2 is 2.15 bits per heavy atom. The molecule has 0 radical (unpaired) electrons. The highest BCUT2D eigenvalue weighted by Gasteiger charge is 2.26. The summed E-state index contributed by atoms with van der Waals surface area (Å²) in [6.07, 6.45) is 3.26. The van der Waals surface area contributed by atoms with Crippen LogP contribution in [0, 0.1) is 6.92 Å². The molecule has 1 aromatic heterocycles. The van der Waals surface area contributed by atoms with Gasteiger partial charge >= 0.3 is 5.97 Å². The molecule has 0 spiro atoms. The van der Waals surface area contributed by atoms with Gasteiger partial charge in [-0.3, -0.25) is 0 Å². The van der Waals surface area contributed by atoms with Crippen LogP contribution in [-0.2, 0) is 14.8 Å². The molecule has 3 rings (SSSR count). The summed E-state index contributed by atoms with van der Waals surface area (Å²) in [5.41, 5.74) is 6.95. The first kappa shape index (κ1) is 18.9. The Labute approximate surface area is 152 Å². The number of benzene rings is 1. The summed E-state index contributed by atoms with van der Waals surface area (Å²) >= 11 is 0. The number of carbonyl (C=O) groups is 1. The smallest absolute Gasteiger partial charge is 0.374 e. The van der Waals surface area contributed by atoms with E-state index < -0.39 is 16.0 Å². The van der Waals surface area contributed by atoms with Crippen molar-refractivity contribution in [1.82, 2.24) is 4.72 Å². The zero-order chi connectivity index (χ0) is 18.9. The van der Waals surface area contributed by atoms with Gasteiger partial charge in [0.05, 0.1) is 11.5 Å². The lowest BCUT2D eigenvalue weighted by Crippen LogP contribution is -2.42. The molecule has 1 fully saturated rings. The molecule has 0 aliphatic heterocycles. The number of hydrogen-bond donors (Lipinski definition) is 2. The zero-order valence-electron chi connectivity index (χ0n) is 14.9. The second kappa shape index (κ2) is 7.38. The maximum absolute atomic E-state index is 12.7. The van der Waals surface area contributed by atoms with Crippen molar-refractivity contribution in [1.29, 1.82) is 0 Å². The van der Waals surface area contributed by atoms with Crippen molar-refractivity contribution >= 4 is 27.0 Å². The fraction of sp³-hybridized carbons (Fsp3) is 0.500. The van der Waals surface area contributed by atoms with Gasteiger partial charge in [-0.05, 0) is 51.3 Å². The van der Waals surface area contributed by atoms with E-state index in [9.17, 15) is 13.2 Å². The summed E-state index contributed by atoms with van der Waals surface area (Å²) in [4.78, 5) is 12.1. The number of carbonyl (C=O) groups excluding carboxylic acids is 1. The van der Waals surface area contributed by atoms with Crippen LogP contribution in [0.2, 0.25) is 0 Å². The first-order valence-electron chi connectivity index (χ1n) is 8.80. The molecule has 2 atom stereocenters. The lowest BCUT2D eigenvalue weighted by Gasteiger charge is -2.27. The average molecular weight is 380 g/mol. The molecule has 2 aromatic rings. The third-order valence-corrected chi connectivity index (χ3v) is 6.23. The second-order valence-electron chi connectivity index (χ2n) is 6.68. The standard InChI is InChI=1S/C18H24N2O5S/c1-3-24-18(21)17-11(2)15-10-14(7-8-16(15)25-17)26(22,23)20-13-6-4-5-12(19)9-13/h7-8,10,12-13,20H,3-6,9,19H2,1-2H3. The monoisotopic (exact) mass is 380 g/mol. The minimum absolute atomic E-state index is 0.0298. The van der Waals surface area contributed by atoms with Gasteiger partial charge in [0.1, 0.15) is 5.58 Å². The van der Waals surface area contributed by atoms with Crippen molar-refractivity contribution in [2.45, 2.75) is 56.5 Å². The van der Waals surface area contributed by atoms with E-state index in [2.05, 4.69) is 4.72 Å². The van der Waals surface area contributed by atoms with Crippen molar-refractivity contribution in [3.8, 4) is 0 Å². The molecule has 2 unspecified atom stereocenters. The van der Waals surface area contributed by atoms with Gasteiger partial charge in [0.25, 0.3) is 0 Å². The van der Waals surface area contributed by atoms with Gasteiger partial charge in [0.2, 0.25) is 15.8 Å². The van der Waals surface area contributed by atoms with E-state index in [0.717, 1.165) is 19.3 Å². The van der Waals surface area contributed by atoms with Crippen LogP contribution in [-0.4, -0.2) is 33.1 Å². The number of nitrogens with one attached hydrogen (secondary N) is 1. The molecule has 3 N–H and O–H groups in total. The summed E-state index contributed by atoms with van der Waals surface area (Å²) in [7, 11) is -3.68. The number of ether oxygens (including phenoxy) is 1. The Hall–Kier alpha value is -1.90. The largest absolute Gasteiger partial charge is 0.460 e. The SMILES string of the molecule is CCOC(=O)c1oc2ccc(S(=O)(=O)NC3CCCC(N)C3)cc2c1C. The van der Waals surface area contributed by atoms with Gasteiger partial charge in [-0.1, -0.05) is 6.42 Å². The molecule has 1 aliphatic rings. The molecule has 7 nitrogen and oxygen atoms in total. The van der Waals surface area contributed by atoms with E-state index in [1.54, 1.807) is 19.9 Å². The highest BCUT2D eigenvalue weighted by molar-refractivity contribution is 7.89. The van der Waals surface area contributed by atoms with Crippen molar-refractivity contribution < 1.29 is 22.4 Å². The van der Waals surface area contributed by atoms with Crippen molar-refractivity contribution in [2.24, 2.45) is 5.73 Å². The van der Waals surface area contributed by atoms with Crippen molar-refractivity contribution in [2.75, 3.05) is 6.61 Å². The number of aryl methyl sites for hydroxylation is 1. The van der Waals surface area contributed by atoms with Gasteiger partial charge in [-0.25, -0.2) is 17.9 Å². The molecular formula is C18H24N2O5S. The number of nitrogens with two attached hydrogens (primary N) is 1. The van der Waals surface area contributed by atoms with Crippen LogP contribution in [0.25, 0.3) is 11.0 Å². The van der Waals surface area contributed by atoms with Crippen LogP contribution in [0.5, 0.6) is 0 Å². The van der Waals surface area contributed by atoms with E-state index in [-0.39, 0.29) is 29.3 Å². The topological polar surface area (TPSA) is 112 Å². The van der Waals surface area contributed by atoms with Crippen LogP contribution >= 0.6 is 0 Å². The number of furan rings is 1. The highest BCUT2D eigenvalue weighted by atomic mass is 32.2. The van der Waals surface area contributed by atoms with Gasteiger partial charge in [0, 0.05) is 23.0 Å². The molecule has 142 valence electrons. The Kier molecular flexibility index (Phi) is 5.36. The Morgan fingerprint density at radius 1 is 1.38 bits per heavy atom. The summed E-state index contributed by atoms with van der Waals surface area (Å²) in [6.45, 7) is 3.66. The lowest BCUT2D eigenvalue weighted by atomic mass is 9.92. The van der Waals surface area contributed by atoms with Crippen molar-refractivity contribution in [3.05, 3.63) is 29.5 Å². The molecule has 8 heteroatoms. The van der Waals surface area contributed by atoms with E-state index in [0.29, 0.717) is 23.0 Å². The van der Waals surface area contributed by atoms with Crippen LogP contribution < -0.4 is 10.5 Å². The van der Waals surface area contributed by atoms with Crippen LogP contribution in [0.15, 0.2) is 27.5 Å². The van der Waals surface area contributed by atoms with Gasteiger partial charge in [-0.15, -0.1) is 0 Å². The quantitative estimate of drug-likeness (QED) is 0.771. The van der Waals surface area contributed by atoms with Crippen LogP contribution in [0.1, 0.15) is 48.7 Å². The summed E-state index contributed by atoms with van der Waals surface area (Å²) in [5, 5.41) is 0.580. The minimum atomic E-state index is -3.68. The van der Waals surface area contributed by atoms with E-state index >= 15 is 0 Å². The fourth-order valence-electron chi connectivity index (χ4n) is 3.38. The van der Waals surface area contributed by atoms with Gasteiger partial charge in [0.15, 0.2) is 0 Å². The summed E-state index contributed by atoms with van der Waals surface area (Å²) in [5.74, 6) is -0.456. The molecule has 1 saturated carbocycles. The summed E-state index contributed by atoms with van der Waals surface area (Å²) < 4.78 is 38.7. The van der Waals surface area contributed by atoms with Crippen LogP contribution in [0.3, 0.4) is 0 Å². The normalized spacial score (nSPS) is 21.0. The predicted octanol–water partition coefficient (Wildman–Crippen LogP) is 2.47. The molecule has 26 heavy (non-hydrogen) atoms. The molecule has 0 amide bonds. The summed E-state index contributed by atoms with van der Waals surface area (Å²) in [6, 6.07) is 4.45. The van der Waals surface area contributed by atoms with E-state index in [1.165, 1.54) is 12.1 Å². The molecule has 0 bridgehead atoms. The second-order valence-corrected chi connectivity index (χ2v) is 8.39. The Balaban J connectivity index is 1.90. The number of esters is 1. The Bertz CT molecular complexity index is 919. The highest BCUT2D eigenvalue weighted by Crippen LogP contribution is 2.29. The third kappa shape index (κ3) is 3.77. The number of fused-ring (bicyclic) bond motifs is 1. The zero-order valence-corrected chi connectivity index (χ0v) is 15.8. The molecular weight excluding hydrogens is 356 g/mol. The van der Waals surface area contributed by atoms with E-state index in [1.807, 2.05) is 0 Å². The number of sulfonamides is 1. The third-order valence-electron chi connectivity index (χ3n) is 4.72. The molecule has 0 saturated heterocycles. The first-order valence-corrected chi connectivity index (χ1v) is 10.3. The number of rotatable bonds is 5. The first-order chi connectivity index (χ1) is 12.3.